The van der Waals surface area contributed by atoms with Gasteiger partial charge in [-0.2, -0.15) is 12.6 Å². The Bertz CT molecular complexity index is 182. The number of carboxylic acid groups (broad SMARTS) is 1. The summed E-state index contributed by atoms with van der Waals surface area (Å²) in [5.74, 6) is -0.530. The molecule has 12 heavy (non-hydrogen) atoms. The van der Waals surface area contributed by atoms with Crippen molar-refractivity contribution >= 4 is 30.4 Å². The second-order valence-electron chi connectivity index (χ2n) is 1.76. The predicted molar refractivity (Wildman–Crippen MR) is 48.0 cm³/mol. The summed E-state index contributed by atoms with van der Waals surface area (Å²) in [6, 6.07) is 0. The first kappa shape index (κ1) is 11.8. The van der Waals surface area contributed by atoms with Crippen LogP contribution >= 0.6 is 24.4 Å². The van der Waals surface area contributed by atoms with Crippen LogP contribution < -0.4 is 0 Å². The Morgan fingerprint density at radius 2 is 2.25 bits per heavy atom. The van der Waals surface area contributed by atoms with Gasteiger partial charge in [0.15, 0.2) is 0 Å². The molecule has 70 valence electrons. The monoisotopic (exact) mass is 214 g/mol. The fourth-order valence-electron chi connectivity index (χ4n) is 0.453. The van der Waals surface area contributed by atoms with E-state index in [0.717, 1.165) is 11.8 Å². The van der Waals surface area contributed by atoms with Crippen LogP contribution in [-0.2, 0) is 4.79 Å². The van der Waals surface area contributed by atoms with Crippen LogP contribution in [0.25, 0.3) is 0 Å². The zero-order chi connectivity index (χ0) is 9.56. The summed E-state index contributed by atoms with van der Waals surface area (Å²) in [5, 5.41) is 8.19. The smallest absolute Gasteiger partial charge is 0.329 e. The van der Waals surface area contributed by atoms with Crippen LogP contribution in [-0.4, -0.2) is 29.0 Å². The lowest BCUT2D eigenvalue weighted by Crippen LogP contribution is -1.99. The molecule has 0 saturated carbocycles. The lowest BCUT2D eigenvalue weighted by Gasteiger charge is -2.02. The highest BCUT2D eigenvalue weighted by Crippen LogP contribution is 2.22. The second kappa shape index (κ2) is 6.30. The minimum absolute atomic E-state index is 0.382. The van der Waals surface area contributed by atoms with Crippen molar-refractivity contribution in [3.63, 3.8) is 0 Å². The maximum atomic E-state index is 12.0. The predicted octanol–water partition coefficient (Wildman–Crippen LogP) is 1.88. The molecule has 0 radical (unpaired) electrons. The van der Waals surface area contributed by atoms with Gasteiger partial charge in [-0.15, -0.1) is 11.8 Å². The van der Waals surface area contributed by atoms with Gasteiger partial charge in [0, 0.05) is 11.8 Å². The lowest BCUT2D eigenvalue weighted by molar-refractivity contribution is -0.131. The van der Waals surface area contributed by atoms with Gasteiger partial charge in [0.25, 0.3) is 6.43 Å². The average Bonchev–Trinajstić information content (AvgIpc) is 1.96. The number of hydrogen-bond donors (Lipinski definition) is 2. The van der Waals surface area contributed by atoms with E-state index in [4.69, 9.17) is 5.11 Å². The summed E-state index contributed by atoms with van der Waals surface area (Å²) in [6.45, 7) is 0. The molecule has 0 aromatic rings. The summed E-state index contributed by atoms with van der Waals surface area (Å²) in [5.41, 5.74) is 0. The van der Waals surface area contributed by atoms with Gasteiger partial charge in [-0.3, -0.25) is 0 Å². The minimum atomic E-state index is -2.72. The lowest BCUT2D eigenvalue weighted by atomic mass is 10.5. The van der Waals surface area contributed by atoms with Crippen molar-refractivity contribution in [1.29, 1.82) is 0 Å². The highest BCUT2D eigenvalue weighted by molar-refractivity contribution is 8.03. The van der Waals surface area contributed by atoms with Crippen LogP contribution in [0.15, 0.2) is 11.0 Å². The Morgan fingerprint density at radius 3 is 2.58 bits per heavy atom. The molecule has 0 unspecified atom stereocenters. The molecule has 0 aliphatic carbocycles. The van der Waals surface area contributed by atoms with Gasteiger partial charge in [0.1, 0.15) is 0 Å². The van der Waals surface area contributed by atoms with E-state index >= 15 is 0 Å². The van der Waals surface area contributed by atoms with Crippen LogP contribution in [0.3, 0.4) is 0 Å². The third-order valence-corrected chi connectivity index (χ3v) is 2.40. The van der Waals surface area contributed by atoms with E-state index in [1.807, 2.05) is 0 Å². The van der Waals surface area contributed by atoms with Gasteiger partial charge in [-0.05, 0) is 5.75 Å². The van der Waals surface area contributed by atoms with Crippen molar-refractivity contribution in [3.05, 3.63) is 11.0 Å². The van der Waals surface area contributed by atoms with Crippen LogP contribution in [0.5, 0.6) is 0 Å². The zero-order valence-electron chi connectivity index (χ0n) is 6.04. The highest BCUT2D eigenvalue weighted by Gasteiger charge is 2.12. The summed E-state index contributed by atoms with van der Waals surface area (Å²) in [6.07, 6.45) is -2.19. The van der Waals surface area contributed by atoms with Crippen LogP contribution in [0, 0.1) is 0 Å². The van der Waals surface area contributed by atoms with E-state index < -0.39 is 17.3 Å². The van der Waals surface area contributed by atoms with Gasteiger partial charge >= 0.3 is 5.97 Å². The summed E-state index contributed by atoms with van der Waals surface area (Å²) < 4.78 is 24.0. The summed E-state index contributed by atoms with van der Waals surface area (Å²) in [7, 11) is 0. The van der Waals surface area contributed by atoms with Crippen molar-refractivity contribution in [2.24, 2.45) is 0 Å². The molecule has 0 aromatic heterocycles. The van der Waals surface area contributed by atoms with Crippen LogP contribution in [0.1, 0.15) is 0 Å². The minimum Gasteiger partial charge on any atom is -0.478 e. The molecule has 0 spiro atoms. The molecule has 0 rings (SSSR count). The Kier molecular flexibility index (Phi) is 6.18. The van der Waals surface area contributed by atoms with E-state index in [1.54, 1.807) is 0 Å². The molecule has 0 fully saturated rings. The van der Waals surface area contributed by atoms with Gasteiger partial charge in [-0.1, -0.05) is 0 Å². The largest absolute Gasteiger partial charge is 0.478 e. The molecule has 0 atom stereocenters. The number of hydrogen-bond acceptors (Lipinski definition) is 3. The molecule has 6 heteroatoms. The van der Waals surface area contributed by atoms with Crippen molar-refractivity contribution in [2.45, 2.75) is 6.43 Å². The van der Waals surface area contributed by atoms with Gasteiger partial charge in [0.2, 0.25) is 0 Å². The van der Waals surface area contributed by atoms with E-state index in [9.17, 15) is 13.6 Å². The zero-order valence-corrected chi connectivity index (χ0v) is 7.75. The number of halogens is 2. The summed E-state index contributed by atoms with van der Waals surface area (Å²) >= 11 is 4.63. The SMILES string of the molecule is O=C(O)/C=C(\SCCS)C(F)F. The van der Waals surface area contributed by atoms with Crippen LogP contribution in [0.2, 0.25) is 0 Å². The summed E-state index contributed by atoms with van der Waals surface area (Å²) in [4.78, 5) is 9.62. The fraction of sp³-hybridized carbons (Fsp3) is 0.500. The maximum Gasteiger partial charge on any atom is 0.329 e. The molecule has 0 aromatic carbocycles. The standard InChI is InChI=1S/C6H8F2O2S2/c7-6(8)4(3-5(9)10)12-2-1-11/h3,6,11H,1-2H2,(H,9,10)/b4-3-. The quantitative estimate of drug-likeness (QED) is 0.542. The van der Waals surface area contributed by atoms with E-state index in [-0.39, 0.29) is 0 Å². The number of carbonyl (C=O) groups is 1. The van der Waals surface area contributed by atoms with Gasteiger partial charge in [0.05, 0.1) is 4.91 Å². The number of allylic oxidation sites excluding steroid dienone is 1. The topological polar surface area (TPSA) is 37.3 Å². The van der Waals surface area contributed by atoms with Gasteiger partial charge < -0.3 is 5.11 Å². The molecule has 0 amide bonds. The van der Waals surface area contributed by atoms with Crippen molar-refractivity contribution in [1.82, 2.24) is 0 Å². The Morgan fingerprint density at radius 1 is 1.67 bits per heavy atom. The van der Waals surface area contributed by atoms with E-state index in [1.165, 1.54) is 0 Å². The second-order valence-corrected chi connectivity index (χ2v) is 3.37. The highest BCUT2D eigenvalue weighted by atomic mass is 32.2. The third kappa shape index (κ3) is 5.42. The fourth-order valence-corrected chi connectivity index (χ4v) is 1.36. The maximum absolute atomic E-state index is 12.0. The number of carboxylic acids is 1. The molecular weight excluding hydrogens is 206 g/mol. The normalized spacial score (nSPS) is 12.2. The molecule has 1 N–H and O–H groups in total. The number of thiol groups is 1. The van der Waals surface area contributed by atoms with Gasteiger partial charge in [-0.25, -0.2) is 13.6 Å². The van der Waals surface area contributed by atoms with Crippen molar-refractivity contribution < 1.29 is 18.7 Å². The average molecular weight is 214 g/mol. The molecule has 0 saturated heterocycles. The van der Waals surface area contributed by atoms with Crippen LogP contribution in [0.4, 0.5) is 8.78 Å². The molecule has 0 aliphatic rings. The number of alkyl halides is 2. The number of thioether (sulfide) groups is 1. The van der Waals surface area contributed by atoms with Crippen molar-refractivity contribution in [3.8, 4) is 0 Å². The Hall–Kier alpha value is -0.230. The first-order valence-corrected chi connectivity index (χ1v) is 4.66. The van der Waals surface area contributed by atoms with E-state index in [2.05, 4.69) is 12.6 Å². The number of rotatable bonds is 5. The Labute approximate surface area is 78.4 Å². The third-order valence-electron chi connectivity index (χ3n) is 0.841. The first-order chi connectivity index (χ1) is 5.57. The number of aliphatic carboxylic acids is 1. The molecule has 2 nitrogen and oxygen atoms in total. The van der Waals surface area contributed by atoms with E-state index in [0.29, 0.717) is 17.6 Å². The van der Waals surface area contributed by atoms with Crippen molar-refractivity contribution in [2.75, 3.05) is 11.5 Å². The molecular formula is C6H8F2O2S2. The Balaban J connectivity index is 4.13. The first-order valence-electron chi connectivity index (χ1n) is 3.04. The molecule has 0 aliphatic heterocycles. The molecule has 0 heterocycles. The molecule has 0 bridgehead atoms.